The number of aromatic nitrogens is 2. The molecule has 0 aliphatic rings. The molecule has 0 saturated heterocycles. The summed E-state index contributed by atoms with van der Waals surface area (Å²) in [4.78, 5) is 23.7. The SMILES string of the molecule is CNC(=O)c1cccc(NC(=O)CSc2nnc(SCC(C)C)s2)c1. The Balaban J connectivity index is 1.84. The highest BCUT2D eigenvalue weighted by molar-refractivity contribution is 8.03. The lowest BCUT2D eigenvalue weighted by molar-refractivity contribution is -0.113. The van der Waals surface area contributed by atoms with Crippen LogP contribution in [-0.2, 0) is 4.79 Å². The van der Waals surface area contributed by atoms with Crippen LogP contribution in [0.15, 0.2) is 32.9 Å². The van der Waals surface area contributed by atoms with Crippen molar-refractivity contribution in [3.8, 4) is 0 Å². The molecule has 2 amide bonds. The van der Waals surface area contributed by atoms with Crippen molar-refractivity contribution < 1.29 is 9.59 Å². The molecular formula is C16H20N4O2S3. The molecule has 25 heavy (non-hydrogen) atoms. The van der Waals surface area contributed by atoms with Crippen molar-refractivity contribution in [3.05, 3.63) is 29.8 Å². The number of nitrogens with one attached hydrogen (secondary N) is 2. The molecule has 0 radical (unpaired) electrons. The molecular weight excluding hydrogens is 376 g/mol. The van der Waals surface area contributed by atoms with Gasteiger partial charge in [0.1, 0.15) is 0 Å². The van der Waals surface area contributed by atoms with Crippen molar-refractivity contribution >= 4 is 52.4 Å². The van der Waals surface area contributed by atoms with E-state index in [1.54, 1.807) is 43.1 Å². The predicted octanol–water partition coefficient (Wildman–Crippen LogP) is 3.38. The van der Waals surface area contributed by atoms with Crippen LogP contribution in [0.4, 0.5) is 5.69 Å². The van der Waals surface area contributed by atoms with Crippen LogP contribution in [0.1, 0.15) is 24.2 Å². The summed E-state index contributed by atoms with van der Waals surface area (Å²) in [7, 11) is 1.57. The molecule has 0 atom stereocenters. The quantitative estimate of drug-likeness (QED) is 0.666. The molecule has 0 saturated carbocycles. The maximum absolute atomic E-state index is 12.1. The van der Waals surface area contributed by atoms with E-state index in [-0.39, 0.29) is 17.6 Å². The highest BCUT2D eigenvalue weighted by Crippen LogP contribution is 2.29. The number of rotatable bonds is 8. The summed E-state index contributed by atoms with van der Waals surface area (Å²) in [5, 5.41) is 13.6. The van der Waals surface area contributed by atoms with E-state index in [1.807, 2.05) is 0 Å². The Labute approximate surface area is 159 Å². The van der Waals surface area contributed by atoms with Gasteiger partial charge in [-0.25, -0.2) is 0 Å². The molecule has 6 nitrogen and oxygen atoms in total. The van der Waals surface area contributed by atoms with E-state index in [1.165, 1.54) is 23.1 Å². The summed E-state index contributed by atoms with van der Waals surface area (Å²) in [6.45, 7) is 4.32. The van der Waals surface area contributed by atoms with E-state index in [0.717, 1.165) is 14.4 Å². The summed E-state index contributed by atoms with van der Waals surface area (Å²) in [5.74, 6) is 1.51. The molecule has 9 heteroatoms. The molecule has 0 aliphatic heterocycles. The molecule has 0 aliphatic carbocycles. The molecule has 0 bridgehead atoms. The van der Waals surface area contributed by atoms with Gasteiger partial charge in [0.25, 0.3) is 5.91 Å². The van der Waals surface area contributed by atoms with Gasteiger partial charge in [0.15, 0.2) is 8.68 Å². The normalized spacial score (nSPS) is 10.7. The number of nitrogens with zero attached hydrogens (tertiary/aromatic N) is 2. The Bertz CT molecular complexity index is 734. The first-order chi connectivity index (χ1) is 12.0. The largest absolute Gasteiger partial charge is 0.355 e. The summed E-state index contributed by atoms with van der Waals surface area (Å²) in [5.41, 5.74) is 1.10. The first kappa shape index (κ1) is 19.7. The van der Waals surface area contributed by atoms with Crippen molar-refractivity contribution in [2.75, 3.05) is 23.9 Å². The second-order valence-electron chi connectivity index (χ2n) is 5.54. The van der Waals surface area contributed by atoms with Gasteiger partial charge in [-0.1, -0.05) is 54.8 Å². The number of anilines is 1. The standard InChI is InChI=1S/C16H20N4O2S3/c1-10(2)8-23-15-19-20-16(25-15)24-9-13(21)18-12-6-4-5-11(7-12)14(22)17-3/h4-7,10H,8-9H2,1-3H3,(H,17,22)(H,18,21). The molecule has 1 aromatic heterocycles. The molecule has 0 unspecified atom stereocenters. The van der Waals surface area contributed by atoms with Gasteiger partial charge in [-0.15, -0.1) is 10.2 Å². The van der Waals surface area contributed by atoms with Gasteiger partial charge in [0.05, 0.1) is 5.75 Å². The minimum atomic E-state index is -0.189. The molecule has 1 aromatic carbocycles. The third-order valence-electron chi connectivity index (χ3n) is 2.89. The summed E-state index contributed by atoms with van der Waals surface area (Å²) >= 11 is 4.55. The molecule has 2 N–H and O–H groups in total. The van der Waals surface area contributed by atoms with Crippen LogP contribution in [0.5, 0.6) is 0 Å². The topological polar surface area (TPSA) is 84.0 Å². The van der Waals surface area contributed by atoms with Gasteiger partial charge in [0, 0.05) is 24.1 Å². The first-order valence-electron chi connectivity index (χ1n) is 7.69. The zero-order valence-corrected chi connectivity index (χ0v) is 16.7. The Kier molecular flexibility index (Phi) is 7.73. The van der Waals surface area contributed by atoms with Crippen LogP contribution in [-0.4, -0.2) is 40.6 Å². The fourth-order valence-electron chi connectivity index (χ4n) is 1.76. The van der Waals surface area contributed by atoms with E-state index in [9.17, 15) is 9.59 Å². The summed E-state index contributed by atoms with van der Waals surface area (Å²) < 4.78 is 1.70. The van der Waals surface area contributed by atoms with Crippen molar-refractivity contribution in [1.29, 1.82) is 0 Å². The number of carbonyl (C=O) groups is 2. The van der Waals surface area contributed by atoms with Crippen LogP contribution in [0.3, 0.4) is 0 Å². The fourth-order valence-corrected chi connectivity index (χ4v) is 4.56. The average Bonchev–Trinajstić information content (AvgIpc) is 3.05. The first-order valence-corrected chi connectivity index (χ1v) is 10.5. The minimum absolute atomic E-state index is 0.148. The van der Waals surface area contributed by atoms with Crippen molar-refractivity contribution in [3.63, 3.8) is 0 Å². The highest BCUT2D eigenvalue weighted by atomic mass is 32.2. The molecule has 0 fully saturated rings. The van der Waals surface area contributed by atoms with Crippen LogP contribution in [0.2, 0.25) is 0 Å². The van der Waals surface area contributed by atoms with Crippen LogP contribution < -0.4 is 10.6 Å². The van der Waals surface area contributed by atoms with Gasteiger partial charge in [-0.3, -0.25) is 9.59 Å². The van der Waals surface area contributed by atoms with Crippen molar-refractivity contribution in [2.45, 2.75) is 22.5 Å². The number of thioether (sulfide) groups is 2. The van der Waals surface area contributed by atoms with E-state index in [4.69, 9.17) is 0 Å². The minimum Gasteiger partial charge on any atom is -0.355 e. The highest BCUT2D eigenvalue weighted by Gasteiger charge is 2.10. The summed E-state index contributed by atoms with van der Waals surface area (Å²) in [6, 6.07) is 6.82. The van der Waals surface area contributed by atoms with E-state index < -0.39 is 0 Å². The molecule has 1 heterocycles. The van der Waals surface area contributed by atoms with E-state index in [2.05, 4.69) is 34.7 Å². The van der Waals surface area contributed by atoms with Crippen molar-refractivity contribution in [2.24, 2.45) is 5.92 Å². The maximum atomic E-state index is 12.1. The zero-order chi connectivity index (χ0) is 18.2. The third-order valence-corrected chi connectivity index (χ3v) is 6.51. The van der Waals surface area contributed by atoms with Crippen molar-refractivity contribution in [1.82, 2.24) is 15.5 Å². The lowest BCUT2D eigenvalue weighted by Gasteiger charge is -2.06. The smallest absolute Gasteiger partial charge is 0.251 e. The Morgan fingerprint density at radius 3 is 2.60 bits per heavy atom. The van der Waals surface area contributed by atoms with Gasteiger partial charge >= 0.3 is 0 Å². The number of amides is 2. The van der Waals surface area contributed by atoms with Gasteiger partial charge in [-0.05, 0) is 24.1 Å². The molecule has 0 spiro atoms. The third kappa shape index (κ3) is 6.68. The van der Waals surface area contributed by atoms with Gasteiger partial charge < -0.3 is 10.6 Å². The molecule has 2 rings (SSSR count). The van der Waals surface area contributed by atoms with Gasteiger partial charge in [-0.2, -0.15) is 0 Å². The lowest BCUT2D eigenvalue weighted by Crippen LogP contribution is -2.18. The van der Waals surface area contributed by atoms with Crippen LogP contribution in [0, 0.1) is 5.92 Å². The number of benzene rings is 1. The second-order valence-corrected chi connectivity index (χ2v) is 9.00. The van der Waals surface area contributed by atoms with Crippen LogP contribution >= 0.6 is 34.9 Å². The molecule has 134 valence electrons. The monoisotopic (exact) mass is 396 g/mol. The number of carbonyl (C=O) groups excluding carboxylic acids is 2. The molecule has 2 aromatic rings. The Hall–Kier alpha value is -1.58. The van der Waals surface area contributed by atoms with Crippen LogP contribution in [0.25, 0.3) is 0 Å². The van der Waals surface area contributed by atoms with Gasteiger partial charge in [0.2, 0.25) is 5.91 Å². The average molecular weight is 397 g/mol. The maximum Gasteiger partial charge on any atom is 0.251 e. The predicted molar refractivity (Wildman–Crippen MR) is 105 cm³/mol. The second kappa shape index (κ2) is 9.79. The van der Waals surface area contributed by atoms with E-state index in [0.29, 0.717) is 17.2 Å². The fraction of sp³-hybridized carbons (Fsp3) is 0.375. The summed E-state index contributed by atoms with van der Waals surface area (Å²) in [6.07, 6.45) is 0. The van der Waals surface area contributed by atoms with E-state index >= 15 is 0 Å². The Morgan fingerprint density at radius 2 is 1.92 bits per heavy atom. The lowest BCUT2D eigenvalue weighted by atomic mass is 10.2. The number of hydrogen-bond acceptors (Lipinski definition) is 7. The number of hydrogen-bond donors (Lipinski definition) is 2. The Morgan fingerprint density at radius 1 is 1.20 bits per heavy atom. The zero-order valence-electron chi connectivity index (χ0n) is 14.2.